The van der Waals surface area contributed by atoms with Gasteiger partial charge in [0.05, 0.1) is 24.2 Å². The van der Waals surface area contributed by atoms with Gasteiger partial charge in [0, 0.05) is 42.1 Å². The van der Waals surface area contributed by atoms with Crippen LogP contribution in [0.25, 0.3) is 10.9 Å². The van der Waals surface area contributed by atoms with Crippen molar-refractivity contribution in [1.29, 1.82) is 0 Å². The molecule has 1 amide bonds. The Kier molecular flexibility index (Phi) is 6.65. The number of amides is 1. The van der Waals surface area contributed by atoms with Crippen LogP contribution in [0.1, 0.15) is 54.2 Å². The Balaban J connectivity index is 1.19. The third-order valence-corrected chi connectivity index (χ3v) is 8.44. The van der Waals surface area contributed by atoms with Crippen molar-refractivity contribution in [2.45, 2.75) is 56.3 Å². The second-order valence-corrected chi connectivity index (χ2v) is 10.7. The molecule has 7 heteroatoms. The lowest BCUT2D eigenvalue weighted by Crippen LogP contribution is -2.49. The number of nitrogens with zero attached hydrogens (tertiary/aromatic N) is 1. The average molecular weight is 499 g/mol. The maximum atomic E-state index is 13.9. The highest BCUT2D eigenvalue weighted by atomic mass is 16.5. The highest BCUT2D eigenvalue weighted by Crippen LogP contribution is 2.44. The fraction of sp³-hybridized carbons (Fsp3) is 0.433. The number of carbonyl (C=O) groups is 2. The van der Waals surface area contributed by atoms with E-state index >= 15 is 0 Å². The Morgan fingerprint density at radius 2 is 1.84 bits per heavy atom. The third kappa shape index (κ3) is 4.62. The average Bonchev–Trinajstić information content (AvgIpc) is 3.39. The molecule has 0 radical (unpaired) electrons. The molecule has 1 saturated carbocycles. The summed E-state index contributed by atoms with van der Waals surface area (Å²) in [5.41, 5.74) is 3.51. The molecule has 0 spiro atoms. The predicted molar refractivity (Wildman–Crippen MR) is 143 cm³/mol. The SMILES string of the molecule is COC[C@@H]1Nc2ccccc2[C@@H]2NC(C(=O)[C@H]3CCCC[C@H]3NC(=O)c3ccc4ccccc4n3)C[C@@H]12. The van der Waals surface area contributed by atoms with Gasteiger partial charge in [0.15, 0.2) is 5.78 Å². The van der Waals surface area contributed by atoms with Crippen LogP contribution in [-0.2, 0) is 9.53 Å². The lowest BCUT2D eigenvalue weighted by atomic mass is 9.78. The molecular weight excluding hydrogens is 464 g/mol. The van der Waals surface area contributed by atoms with Gasteiger partial charge in [0.2, 0.25) is 0 Å². The zero-order valence-corrected chi connectivity index (χ0v) is 21.2. The molecule has 3 aliphatic rings. The molecule has 1 unspecified atom stereocenters. The summed E-state index contributed by atoms with van der Waals surface area (Å²) in [6.07, 6.45) is 4.40. The molecule has 7 nitrogen and oxygen atoms in total. The maximum absolute atomic E-state index is 13.9. The van der Waals surface area contributed by atoms with Crippen LogP contribution < -0.4 is 16.0 Å². The number of para-hydroxylation sites is 2. The van der Waals surface area contributed by atoms with E-state index in [9.17, 15) is 9.59 Å². The highest BCUT2D eigenvalue weighted by molar-refractivity contribution is 5.96. The number of hydrogen-bond donors (Lipinski definition) is 3. The van der Waals surface area contributed by atoms with Gasteiger partial charge in [-0.3, -0.25) is 9.59 Å². The van der Waals surface area contributed by atoms with Crippen molar-refractivity contribution in [3.05, 3.63) is 71.9 Å². The van der Waals surface area contributed by atoms with Crippen molar-refractivity contribution < 1.29 is 14.3 Å². The van der Waals surface area contributed by atoms with Crippen LogP contribution in [0.3, 0.4) is 0 Å². The van der Waals surface area contributed by atoms with Crippen LogP contribution in [0.5, 0.6) is 0 Å². The first-order chi connectivity index (χ1) is 18.1. The number of rotatable bonds is 6. The zero-order valence-electron chi connectivity index (χ0n) is 21.2. The van der Waals surface area contributed by atoms with Gasteiger partial charge >= 0.3 is 0 Å². The predicted octanol–water partition coefficient (Wildman–Crippen LogP) is 4.25. The van der Waals surface area contributed by atoms with Crippen LogP contribution in [0.4, 0.5) is 5.69 Å². The van der Waals surface area contributed by atoms with Crippen molar-refractivity contribution >= 4 is 28.3 Å². The van der Waals surface area contributed by atoms with Gasteiger partial charge in [-0.2, -0.15) is 0 Å². The lowest BCUT2D eigenvalue weighted by molar-refractivity contribution is -0.126. The molecule has 1 aliphatic carbocycles. The number of ether oxygens (including phenoxy) is 1. The first-order valence-electron chi connectivity index (χ1n) is 13.4. The summed E-state index contributed by atoms with van der Waals surface area (Å²) < 4.78 is 5.52. The summed E-state index contributed by atoms with van der Waals surface area (Å²) in [7, 11) is 1.72. The molecule has 6 atom stereocenters. The third-order valence-electron chi connectivity index (χ3n) is 8.44. The van der Waals surface area contributed by atoms with Crippen LogP contribution in [-0.4, -0.2) is 48.5 Å². The molecular formula is C30H34N4O3. The molecule has 1 saturated heterocycles. The number of anilines is 1. The van der Waals surface area contributed by atoms with E-state index in [2.05, 4.69) is 39.1 Å². The van der Waals surface area contributed by atoms with E-state index in [4.69, 9.17) is 4.74 Å². The van der Waals surface area contributed by atoms with E-state index in [1.165, 1.54) is 5.56 Å². The molecule has 3 aromatic rings. The van der Waals surface area contributed by atoms with Gasteiger partial charge in [-0.05, 0) is 43.0 Å². The molecule has 1 aromatic heterocycles. The van der Waals surface area contributed by atoms with Crippen molar-refractivity contribution in [1.82, 2.24) is 15.6 Å². The van der Waals surface area contributed by atoms with Gasteiger partial charge in [0.25, 0.3) is 5.91 Å². The van der Waals surface area contributed by atoms with E-state index in [0.29, 0.717) is 12.3 Å². The van der Waals surface area contributed by atoms with Gasteiger partial charge in [-0.15, -0.1) is 0 Å². The maximum Gasteiger partial charge on any atom is 0.270 e. The lowest BCUT2D eigenvalue weighted by Gasteiger charge is -2.36. The Morgan fingerprint density at radius 1 is 1.03 bits per heavy atom. The second-order valence-electron chi connectivity index (χ2n) is 10.7. The number of nitrogens with one attached hydrogen (secondary N) is 3. The Labute approximate surface area is 217 Å². The van der Waals surface area contributed by atoms with E-state index in [-0.39, 0.29) is 47.7 Å². The number of Topliss-reactive ketones (excluding diaryl/α,β-unsaturated/α-hetero) is 1. The highest BCUT2D eigenvalue weighted by Gasteiger charge is 2.47. The standard InChI is InChI=1S/C30H34N4O3/c1-37-17-27-21-16-26(33-28(21)19-9-3-6-12-23(19)32-27)29(35)20-10-4-7-13-24(20)34-30(36)25-15-14-18-8-2-5-11-22(18)31-25/h2-3,5-6,8-9,11-12,14-15,20-21,24,26-28,32-33H,4,7,10,13,16-17H2,1H3,(H,34,36)/t20-,21-,24+,26?,27-,28-/m0/s1. The number of methoxy groups -OCH3 is 1. The Morgan fingerprint density at radius 3 is 2.73 bits per heavy atom. The summed E-state index contributed by atoms with van der Waals surface area (Å²) in [6, 6.07) is 19.6. The molecule has 0 bridgehead atoms. The normalized spacial score (nSPS) is 28.7. The van der Waals surface area contributed by atoms with E-state index in [0.717, 1.165) is 48.7 Å². The molecule has 2 fully saturated rings. The van der Waals surface area contributed by atoms with E-state index in [1.54, 1.807) is 13.2 Å². The molecule has 192 valence electrons. The number of benzene rings is 2. The minimum absolute atomic E-state index is 0.116. The molecule has 3 N–H and O–H groups in total. The Bertz CT molecular complexity index is 1310. The summed E-state index contributed by atoms with van der Waals surface area (Å²) in [5, 5.41) is 11.5. The van der Waals surface area contributed by atoms with Crippen LogP contribution in [0, 0.1) is 11.8 Å². The fourth-order valence-corrected chi connectivity index (χ4v) is 6.62. The number of fused-ring (bicyclic) bond motifs is 4. The van der Waals surface area contributed by atoms with Gasteiger partial charge in [-0.1, -0.05) is 55.3 Å². The van der Waals surface area contributed by atoms with E-state index in [1.807, 2.05) is 36.4 Å². The fourth-order valence-electron chi connectivity index (χ4n) is 6.62. The number of hydrogen-bond acceptors (Lipinski definition) is 6. The first kappa shape index (κ1) is 24.1. The van der Waals surface area contributed by atoms with Crippen LogP contribution in [0.2, 0.25) is 0 Å². The van der Waals surface area contributed by atoms with Gasteiger partial charge < -0.3 is 20.7 Å². The topological polar surface area (TPSA) is 92.4 Å². The van der Waals surface area contributed by atoms with Crippen LogP contribution >= 0.6 is 0 Å². The monoisotopic (exact) mass is 498 g/mol. The molecule has 6 rings (SSSR count). The molecule has 37 heavy (non-hydrogen) atoms. The van der Waals surface area contributed by atoms with Gasteiger partial charge in [0.1, 0.15) is 5.69 Å². The van der Waals surface area contributed by atoms with E-state index < -0.39 is 0 Å². The smallest absolute Gasteiger partial charge is 0.270 e. The number of aromatic nitrogens is 1. The summed E-state index contributed by atoms with van der Waals surface area (Å²) in [5.74, 6) is 0.0865. The Hall–Kier alpha value is -3.29. The molecule has 2 aromatic carbocycles. The molecule has 2 aliphatic heterocycles. The van der Waals surface area contributed by atoms with Crippen LogP contribution in [0.15, 0.2) is 60.7 Å². The summed E-state index contributed by atoms with van der Waals surface area (Å²) >= 11 is 0. The number of pyridine rings is 1. The minimum Gasteiger partial charge on any atom is -0.383 e. The van der Waals surface area contributed by atoms with Gasteiger partial charge in [-0.25, -0.2) is 4.98 Å². The number of carbonyl (C=O) groups excluding carboxylic acids is 2. The minimum atomic E-state index is -0.233. The van der Waals surface area contributed by atoms with Crippen molar-refractivity contribution in [2.75, 3.05) is 19.0 Å². The summed E-state index contributed by atoms with van der Waals surface area (Å²) in [4.78, 5) is 31.7. The zero-order chi connectivity index (χ0) is 25.4. The largest absolute Gasteiger partial charge is 0.383 e. The summed E-state index contributed by atoms with van der Waals surface area (Å²) in [6.45, 7) is 0.596. The first-order valence-corrected chi connectivity index (χ1v) is 13.4. The second kappa shape index (κ2) is 10.2. The van der Waals surface area contributed by atoms with Crippen molar-refractivity contribution in [2.24, 2.45) is 11.8 Å². The quantitative estimate of drug-likeness (QED) is 0.471. The number of ketones is 1. The molecule has 3 heterocycles. The van der Waals surface area contributed by atoms with Crippen molar-refractivity contribution in [3.63, 3.8) is 0 Å². The van der Waals surface area contributed by atoms with Crippen molar-refractivity contribution in [3.8, 4) is 0 Å².